The lowest BCUT2D eigenvalue weighted by atomic mass is 9.98. The van der Waals surface area contributed by atoms with Crippen LogP contribution in [0.3, 0.4) is 0 Å². The number of nitrogens with zero attached hydrogens (tertiary/aromatic N) is 3. The quantitative estimate of drug-likeness (QED) is 0.424. The van der Waals surface area contributed by atoms with Crippen LogP contribution in [-0.2, 0) is 6.42 Å². The molecule has 1 aliphatic rings. The van der Waals surface area contributed by atoms with Gasteiger partial charge in [-0.05, 0) is 49.6 Å². The molecule has 2 aromatic heterocycles. The average molecular weight is 387 g/mol. The van der Waals surface area contributed by atoms with Crippen LogP contribution in [0.25, 0.3) is 22.2 Å². The summed E-state index contributed by atoms with van der Waals surface area (Å²) in [6.45, 7) is 2.66. The molecule has 0 saturated heterocycles. The summed E-state index contributed by atoms with van der Waals surface area (Å²) in [6.07, 6.45) is 3.56. The molecule has 0 amide bonds. The Labute approximate surface area is 167 Å². The van der Waals surface area contributed by atoms with E-state index in [-0.39, 0.29) is 11.3 Å². The van der Waals surface area contributed by atoms with E-state index < -0.39 is 11.6 Å². The SMILES string of the molecule is Cc1nccc2c1CCCN2c1c(F)c(-c2ccccc2F)nc2ccccc12. The number of hydrogen-bond donors (Lipinski definition) is 0. The van der Waals surface area contributed by atoms with Crippen LogP contribution >= 0.6 is 0 Å². The Morgan fingerprint density at radius 1 is 0.966 bits per heavy atom. The van der Waals surface area contributed by atoms with Gasteiger partial charge in [-0.15, -0.1) is 0 Å². The molecule has 4 aromatic rings. The van der Waals surface area contributed by atoms with Gasteiger partial charge >= 0.3 is 0 Å². The van der Waals surface area contributed by atoms with Gasteiger partial charge in [0.05, 0.1) is 11.2 Å². The maximum Gasteiger partial charge on any atom is 0.173 e. The van der Waals surface area contributed by atoms with E-state index in [0.29, 0.717) is 23.1 Å². The normalized spacial score (nSPS) is 13.6. The van der Waals surface area contributed by atoms with Crippen LogP contribution in [0, 0.1) is 18.6 Å². The number of aromatic nitrogens is 2. The highest BCUT2D eigenvalue weighted by Crippen LogP contribution is 2.42. The van der Waals surface area contributed by atoms with Gasteiger partial charge in [0.1, 0.15) is 11.5 Å². The predicted molar refractivity (Wildman–Crippen MR) is 111 cm³/mol. The summed E-state index contributed by atoms with van der Waals surface area (Å²) < 4.78 is 30.5. The number of aryl methyl sites for hydroxylation is 1. The van der Waals surface area contributed by atoms with Crippen LogP contribution in [0.4, 0.5) is 20.2 Å². The zero-order chi connectivity index (χ0) is 20.0. The summed E-state index contributed by atoms with van der Waals surface area (Å²) in [5, 5.41) is 0.715. The number of para-hydroxylation sites is 1. The van der Waals surface area contributed by atoms with E-state index in [2.05, 4.69) is 9.97 Å². The van der Waals surface area contributed by atoms with Crippen molar-refractivity contribution in [2.24, 2.45) is 0 Å². The number of hydrogen-bond acceptors (Lipinski definition) is 3. The molecule has 3 heterocycles. The smallest absolute Gasteiger partial charge is 0.173 e. The van der Waals surface area contributed by atoms with E-state index in [4.69, 9.17) is 0 Å². The molecule has 0 atom stereocenters. The van der Waals surface area contributed by atoms with Gasteiger partial charge in [-0.1, -0.05) is 30.3 Å². The summed E-state index contributed by atoms with van der Waals surface area (Å²) >= 11 is 0. The molecule has 0 aliphatic carbocycles. The van der Waals surface area contributed by atoms with Crippen LogP contribution in [0.2, 0.25) is 0 Å². The lowest BCUT2D eigenvalue weighted by Crippen LogP contribution is -2.26. The number of rotatable bonds is 2. The summed E-state index contributed by atoms with van der Waals surface area (Å²) in [5.41, 5.74) is 4.33. The standard InChI is InChI=1S/C24H19F2N3/c1-15-16-9-6-14-29(21(16)12-13-27-15)24-18-8-3-5-11-20(18)28-23(22(24)26)17-7-2-4-10-19(17)25/h2-5,7-8,10-13H,6,9,14H2,1H3. The summed E-state index contributed by atoms with van der Waals surface area (Å²) in [4.78, 5) is 10.9. The van der Waals surface area contributed by atoms with E-state index in [0.717, 1.165) is 29.8 Å². The van der Waals surface area contributed by atoms with Crippen LogP contribution < -0.4 is 4.90 Å². The number of benzene rings is 2. The Kier molecular flexibility index (Phi) is 4.23. The number of pyridine rings is 2. The van der Waals surface area contributed by atoms with Crippen molar-refractivity contribution in [2.45, 2.75) is 19.8 Å². The molecule has 0 saturated carbocycles. The first-order valence-electron chi connectivity index (χ1n) is 9.70. The molecule has 0 fully saturated rings. The molecule has 3 nitrogen and oxygen atoms in total. The van der Waals surface area contributed by atoms with Crippen LogP contribution in [-0.4, -0.2) is 16.5 Å². The number of fused-ring (bicyclic) bond motifs is 2. The summed E-state index contributed by atoms with van der Waals surface area (Å²) in [7, 11) is 0. The van der Waals surface area contributed by atoms with Gasteiger partial charge in [0.25, 0.3) is 0 Å². The highest BCUT2D eigenvalue weighted by atomic mass is 19.1. The van der Waals surface area contributed by atoms with E-state index in [1.165, 1.54) is 6.07 Å². The molecular weight excluding hydrogens is 368 g/mol. The van der Waals surface area contributed by atoms with Crippen molar-refractivity contribution >= 4 is 22.3 Å². The fourth-order valence-electron chi connectivity index (χ4n) is 4.18. The summed E-state index contributed by atoms with van der Waals surface area (Å²) in [5.74, 6) is -0.990. The molecule has 29 heavy (non-hydrogen) atoms. The van der Waals surface area contributed by atoms with Crippen molar-refractivity contribution in [1.29, 1.82) is 0 Å². The fraction of sp³-hybridized carbons (Fsp3) is 0.167. The average Bonchev–Trinajstić information content (AvgIpc) is 2.74. The lowest BCUT2D eigenvalue weighted by molar-refractivity contribution is 0.609. The van der Waals surface area contributed by atoms with Crippen molar-refractivity contribution in [3.05, 3.63) is 83.7 Å². The van der Waals surface area contributed by atoms with Gasteiger partial charge in [-0.2, -0.15) is 0 Å². The monoisotopic (exact) mass is 387 g/mol. The van der Waals surface area contributed by atoms with E-state index in [1.807, 2.05) is 42.2 Å². The third-order valence-electron chi connectivity index (χ3n) is 5.55. The Morgan fingerprint density at radius 2 is 1.76 bits per heavy atom. The van der Waals surface area contributed by atoms with Crippen molar-refractivity contribution in [3.63, 3.8) is 0 Å². The Bertz CT molecular complexity index is 1240. The highest BCUT2D eigenvalue weighted by molar-refractivity contribution is 5.97. The zero-order valence-electron chi connectivity index (χ0n) is 16.0. The molecule has 0 N–H and O–H groups in total. The van der Waals surface area contributed by atoms with E-state index in [1.54, 1.807) is 24.4 Å². The second-order valence-corrected chi connectivity index (χ2v) is 7.27. The van der Waals surface area contributed by atoms with Gasteiger partial charge in [0.15, 0.2) is 5.82 Å². The van der Waals surface area contributed by atoms with Gasteiger partial charge < -0.3 is 4.90 Å². The van der Waals surface area contributed by atoms with Crippen molar-refractivity contribution in [1.82, 2.24) is 9.97 Å². The topological polar surface area (TPSA) is 29.0 Å². The number of halogens is 2. The Morgan fingerprint density at radius 3 is 2.62 bits per heavy atom. The minimum atomic E-state index is -0.504. The molecule has 1 aliphatic heterocycles. The van der Waals surface area contributed by atoms with Crippen molar-refractivity contribution in [3.8, 4) is 11.3 Å². The Balaban J connectivity index is 1.82. The van der Waals surface area contributed by atoms with Crippen LogP contribution in [0.1, 0.15) is 17.7 Å². The maximum absolute atomic E-state index is 16.0. The van der Waals surface area contributed by atoms with E-state index >= 15 is 4.39 Å². The molecule has 0 radical (unpaired) electrons. The lowest BCUT2D eigenvalue weighted by Gasteiger charge is -2.33. The molecule has 144 valence electrons. The van der Waals surface area contributed by atoms with Crippen molar-refractivity contribution < 1.29 is 8.78 Å². The van der Waals surface area contributed by atoms with E-state index in [9.17, 15) is 4.39 Å². The minimum Gasteiger partial charge on any atom is -0.338 e. The third-order valence-corrected chi connectivity index (χ3v) is 5.55. The molecule has 0 unspecified atom stereocenters. The molecule has 5 heteroatoms. The number of anilines is 2. The molecule has 0 spiro atoms. The van der Waals surface area contributed by atoms with Gasteiger partial charge in [0, 0.05) is 35.1 Å². The van der Waals surface area contributed by atoms with Gasteiger partial charge in [-0.25, -0.2) is 13.8 Å². The first kappa shape index (κ1) is 17.7. The van der Waals surface area contributed by atoms with Gasteiger partial charge in [0.2, 0.25) is 0 Å². The van der Waals surface area contributed by atoms with Crippen LogP contribution in [0.5, 0.6) is 0 Å². The third kappa shape index (κ3) is 2.85. The Hall–Kier alpha value is -3.34. The van der Waals surface area contributed by atoms with Crippen LogP contribution in [0.15, 0.2) is 60.8 Å². The minimum absolute atomic E-state index is 0.0368. The first-order valence-corrected chi connectivity index (χ1v) is 9.70. The molecule has 0 bridgehead atoms. The highest BCUT2D eigenvalue weighted by Gasteiger charge is 2.27. The van der Waals surface area contributed by atoms with Gasteiger partial charge in [-0.3, -0.25) is 4.98 Å². The second kappa shape index (κ2) is 6.92. The molecule has 2 aromatic carbocycles. The van der Waals surface area contributed by atoms with Crippen molar-refractivity contribution in [2.75, 3.05) is 11.4 Å². The first-order chi connectivity index (χ1) is 14.1. The maximum atomic E-state index is 16.0. The molecular formula is C24H19F2N3. The fourth-order valence-corrected chi connectivity index (χ4v) is 4.18. The summed E-state index contributed by atoms with van der Waals surface area (Å²) in [6, 6.07) is 15.6. The zero-order valence-corrected chi connectivity index (χ0v) is 16.0. The predicted octanol–water partition coefficient (Wildman–Crippen LogP) is 5.97. The largest absolute Gasteiger partial charge is 0.338 e. The molecule has 5 rings (SSSR count). The second-order valence-electron chi connectivity index (χ2n) is 7.27.